The average molecular weight is 493 g/mol. The van der Waals surface area contributed by atoms with E-state index in [1.807, 2.05) is 37.3 Å². The molecule has 0 saturated carbocycles. The van der Waals surface area contributed by atoms with Crippen molar-refractivity contribution in [2.24, 2.45) is 0 Å². The number of benzene rings is 3. The van der Waals surface area contributed by atoms with Crippen LogP contribution in [0, 0.1) is 6.92 Å². The Bertz CT molecular complexity index is 1250. The maximum Gasteiger partial charge on any atom is 0.263 e. The Kier molecular flexibility index (Phi) is 7.66. The van der Waals surface area contributed by atoms with Crippen molar-refractivity contribution in [3.63, 3.8) is 0 Å². The van der Waals surface area contributed by atoms with Gasteiger partial charge in [-0.05, 0) is 54.8 Å². The Morgan fingerprint density at radius 3 is 2.47 bits per heavy atom. The lowest BCUT2D eigenvalue weighted by Gasteiger charge is -2.13. The van der Waals surface area contributed by atoms with E-state index in [4.69, 9.17) is 27.9 Å². The van der Waals surface area contributed by atoms with Gasteiger partial charge in [-0.25, -0.2) is 8.42 Å². The fourth-order valence-electron chi connectivity index (χ4n) is 3.14. The summed E-state index contributed by atoms with van der Waals surface area (Å²) in [5, 5.41) is 2.73. The minimum absolute atomic E-state index is 0.0145. The van der Waals surface area contributed by atoms with E-state index >= 15 is 0 Å². The third kappa shape index (κ3) is 5.73. The number of rotatable bonds is 8. The SMILES string of the molecule is COc1ccccc1CCNC(=O)c1cc(S(=O)(=O)Nc2cccc(C)c2)c(Cl)cc1Cl. The highest BCUT2D eigenvalue weighted by atomic mass is 35.5. The van der Waals surface area contributed by atoms with Crippen LogP contribution in [-0.2, 0) is 16.4 Å². The molecule has 0 radical (unpaired) electrons. The van der Waals surface area contributed by atoms with Gasteiger partial charge in [0.1, 0.15) is 10.6 Å². The topological polar surface area (TPSA) is 84.5 Å². The van der Waals surface area contributed by atoms with E-state index in [-0.39, 0.29) is 20.5 Å². The number of amides is 1. The summed E-state index contributed by atoms with van der Waals surface area (Å²) in [6, 6.07) is 16.8. The Balaban J connectivity index is 1.79. The molecule has 3 aromatic rings. The van der Waals surface area contributed by atoms with E-state index < -0.39 is 15.9 Å². The molecule has 0 aliphatic rings. The highest BCUT2D eigenvalue weighted by molar-refractivity contribution is 7.92. The van der Waals surface area contributed by atoms with Crippen LogP contribution in [0.3, 0.4) is 0 Å². The number of aryl methyl sites for hydroxylation is 1. The summed E-state index contributed by atoms with van der Waals surface area (Å²) < 4.78 is 33.6. The Labute approximate surface area is 197 Å². The van der Waals surface area contributed by atoms with Gasteiger partial charge in [0.25, 0.3) is 15.9 Å². The van der Waals surface area contributed by atoms with Crippen molar-refractivity contribution in [1.82, 2.24) is 5.32 Å². The summed E-state index contributed by atoms with van der Waals surface area (Å²) in [5.74, 6) is 0.218. The van der Waals surface area contributed by atoms with Crippen LogP contribution in [0.25, 0.3) is 0 Å². The molecule has 0 atom stereocenters. The number of hydrogen-bond acceptors (Lipinski definition) is 4. The smallest absolute Gasteiger partial charge is 0.263 e. The summed E-state index contributed by atoms with van der Waals surface area (Å²) in [7, 11) is -2.46. The summed E-state index contributed by atoms with van der Waals surface area (Å²) >= 11 is 12.3. The van der Waals surface area contributed by atoms with Crippen LogP contribution in [0.15, 0.2) is 65.6 Å². The number of anilines is 1. The van der Waals surface area contributed by atoms with Gasteiger partial charge in [-0.2, -0.15) is 0 Å². The minimum atomic E-state index is -4.04. The van der Waals surface area contributed by atoms with Gasteiger partial charge in [-0.3, -0.25) is 9.52 Å². The molecule has 0 bridgehead atoms. The number of para-hydroxylation sites is 1. The highest BCUT2D eigenvalue weighted by Crippen LogP contribution is 2.30. The van der Waals surface area contributed by atoms with Crippen LogP contribution in [0.4, 0.5) is 5.69 Å². The van der Waals surface area contributed by atoms with Crippen molar-refractivity contribution in [1.29, 1.82) is 0 Å². The van der Waals surface area contributed by atoms with Crippen molar-refractivity contribution in [2.45, 2.75) is 18.2 Å². The van der Waals surface area contributed by atoms with Crippen molar-refractivity contribution >= 4 is 44.8 Å². The summed E-state index contributed by atoms with van der Waals surface area (Å²) in [5.41, 5.74) is 2.23. The van der Waals surface area contributed by atoms with Crippen LogP contribution in [0.1, 0.15) is 21.5 Å². The normalized spacial score (nSPS) is 11.1. The standard InChI is InChI=1S/C23H22Cl2N2O4S/c1-15-6-5-8-17(12-15)27-32(29,30)22-13-18(19(24)14-20(22)25)23(28)26-11-10-16-7-3-4-9-21(16)31-2/h3-9,12-14,27H,10-11H2,1-2H3,(H,26,28). The molecule has 0 spiro atoms. The predicted molar refractivity (Wildman–Crippen MR) is 127 cm³/mol. The van der Waals surface area contributed by atoms with Gasteiger partial charge in [-0.1, -0.05) is 53.5 Å². The van der Waals surface area contributed by atoms with Crippen molar-refractivity contribution in [3.05, 3.63) is 87.4 Å². The number of nitrogens with one attached hydrogen (secondary N) is 2. The molecule has 3 aromatic carbocycles. The zero-order valence-electron chi connectivity index (χ0n) is 17.5. The molecule has 0 aliphatic carbocycles. The molecule has 0 aliphatic heterocycles. The van der Waals surface area contributed by atoms with E-state index in [0.29, 0.717) is 18.7 Å². The second-order valence-corrected chi connectivity index (χ2v) is 9.52. The lowest BCUT2D eigenvalue weighted by atomic mass is 10.1. The summed E-state index contributed by atoms with van der Waals surface area (Å²) in [6.45, 7) is 2.16. The Hall–Kier alpha value is -2.74. The van der Waals surface area contributed by atoms with E-state index in [2.05, 4.69) is 10.0 Å². The molecule has 0 unspecified atom stereocenters. The first-order valence-electron chi connectivity index (χ1n) is 9.70. The van der Waals surface area contributed by atoms with Gasteiger partial charge in [0.15, 0.2) is 0 Å². The van der Waals surface area contributed by atoms with Gasteiger partial charge < -0.3 is 10.1 Å². The number of methoxy groups -OCH3 is 1. The van der Waals surface area contributed by atoms with Gasteiger partial charge in [0.2, 0.25) is 0 Å². The summed E-state index contributed by atoms with van der Waals surface area (Å²) in [4.78, 5) is 12.5. The van der Waals surface area contributed by atoms with Gasteiger partial charge in [-0.15, -0.1) is 0 Å². The van der Waals surface area contributed by atoms with Crippen LogP contribution in [0.5, 0.6) is 5.75 Å². The number of carbonyl (C=O) groups is 1. The van der Waals surface area contributed by atoms with E-state index in [1.165, 1.54) is 12.1 Å². The van der Waals surface area contributed by atoms with Crippen molar-refractivity contribution < 1.29 is 17.9 Å². The predicted octanol–water partition coefficient (Wildman–Crippen LogP) is 5.08. The number of sulfonamides is 1. The maximum absolute atomic E-state index is 12.9. The van der Waals surface area contributed by atoms with Gasteiger partial charge in [0, 0.05) is 12.2 Å². The molecular weight excluding hydrogens is 471 g/mol. The van der Waals surface area contributed by atoms with E-state index in [1.54, 1.807) is 25.3 Å². The average Bonchev–Trinajstić information content (AvgIpc) is 2.73. The molecule has 9 heteroatoms. The fourth-order valence-corrected chi connectivity index (χ4v) is 5.05. The molecule has 0 aromatic heterocycles. The van der Waals surface area contributed by atoms with Crippen LogP contribution < -0.4 is 14.8 Å². The van der Waals surface area contributed by atoms with E-state index in [0.717, 1.165) is 16.9 Å². The Morgan fingerprint density at radius 2 is 1.75 bits per heavy atom. The molecular formula is C23H22Cl2N2O4S. The first-order chi connectivity index (χ1) is 15.2. The number of ether oxygens (including phenoxy) is 1. The number of hydrogen-bond donors (Lipinski definition) is 2. The van der Waals surface area contributed by atoms with Crippen molar-refractivity contribution in [3.8, 4) is 5.75 Å². The first kappa shape index (κ1) is 23.9. The third-order valence-corrected chi connectivity index (χ3v) is 6.86. The fraction of sp³-hybridized carbons (Fsp3) is 0.174. The molecule has 1 amide bonds. The molecule has 2 N–H and O–H groups in total. The lowest BCUT2D eigenvalue weighted by Crippen LogP contribution is -2.26. The third-order valence-electron chi connectivity index (χ3n) is 4.70. The van der Waals surface area contributed by atoms with Crippen LogP contribution in [0.2, 0.25) is 10.0 Å². The maximum atomic E-state index is 12.9. The van der Waals surface area contributed by atoms with Crippen molar-refractivity contribution in [2.75, 3.05) is 18.4 Å². The lowest BCUT2D eigenvalue weighted by molar-refractivity contribution is 0.0954. The van der Waals surface area contributed by atoms with E-state index in [9.17, 15) is 13.2 Å². The molecule has 3 rings (SSSR count). The molecule has 0 fully saturated rings. The molecule has 6 nitrogen and oxygen atoms in total. The van der Waals surface area contributed by atoms with Crippen LogP contribution in [-0.4, -0.2) is 28.0 Å². The first-order valence-corrected chi connectivity index (χ1v) is 11.9. The zero-order chi connectivity index (χ0) is 23.3. The molecule has 168 valence electrons. The summed E-state index contributed by atoms with van der Waals surface area (Å²) in [6.07, 6.45) is 0.529. The molecule has 0 saturated heterocycles. The largest absolute Gasteiger partial charge is 0.496 e. The second-order valence-electron chi connectivity index (χ2n) is 7.06. The molecule has 32 heavy (non-hydrogen) atoms. The Morgan fingerprint density at radius 1 is 1.00 bits per heavy atom. The monoisotopic (exact) mass is 492 g/mol. The minimum Gasteiger partial charge on any atom is -0.496 e. The molecule has 0 heterocycles. The number of carbonyl (C=O) groups excluding carboxylic acids is 1. The van der Waals surface area contributed by atoms with Gasteiger partial charge >= 0.3 is 0 Å². The van der Waals surface area contributed by atoms with Gasteiger partial charge in [0.05, 0.1) is 22.7 Å². The second kappa shape index (κ2) is 10.3. The van der Waals surface area contributed by atoms with Crippen LogP contribution >= 0.6 is 23.2 Å². The zero-order valence-corrected chi connectivity index (χ0v) is 19.8. The quantitative estimate of drug-likeness (QED) is 0.458. The highest BCUT2D eigenvalue weighted by Gasteiger charge is 2.23. The number of halogens is 2.